The number of nitrogens with zero attached hydrogens (tertiary/aromatic N) is 2. The van der Waals surface area contributed by atoms with Crippen LogP contribution in [-0.4, -0.2) is 27.3 Å². The van der Waals surface area contributed by atoms with Gasteiger partial charge in [0.2, 0.25) is 5.91 Å². The molecule has 0 aliphatic rings. The van der Waals surface area contributed by atoms with Gasteiger partial charge >= 0.3 is 0 Å². The first-order chi connectivity index (χ1) is 15.6. The third-order valence-corrected chi connectivity index (χ3v) is 7.03. The molecule has 0 saturated heterocycles. The average Bonchev–Trinajstić information content (AvgIpc) is 3.29. The minimum absolute atomic E-state index is 0.0542. The van der Waals surface area contributed by atoms with Gasteiger partial charge in [-0.3, -0.25) is 14.2 Å². The number of amides is 1. The molecule has 2 aromatic heterocycles. The van der Waals surface area contributed by atoms with E-state index in [9.17, 15) is 9.59 Å². The number of aryl methyl sites for hydroxylation is 1. The van der Waals surface area contributed by atoms with E-state index in [1.165, 1.54) is 28.7 Å². The molecular formula is C25H25N3O2S2. The van der Waals surface area contributed by atoms with Gasteiger partial charge in [0.1, 0.15) is 4.70 Å². The van der Waals surface area contributed by atoms with Gasteiger partial charge in [-0.05, 0) is 42.3 Å². The Labute approximate surface area is 195 Å². The van der Waals surface area contributed by atoms with Crippen molar-refractivity contribution in [2.24, 2.45) is 0 Å². The largest absolute Gasteiger partial charge is 0.353 e. The van der Waals surface area contributed by atoms with E-state index in [1.54, 1.807) is 4.57 Å². The van der Waals surface area contributed by atoms with E-state index in [-0.39, 0.29) is 23.3 Å². The maximum absolute atomic E-state index is 13.1. The number of carbonyl (C=O) groups is 1. The van der Waals surface area contributed by atoms with Crippen LogP contribution in [0.4, 0.5) is 0 Å². The van der Waals surface area contributed by atoms with Crippen molar-refractivity contribution in [2.45, 2.75) is 37.5 Å². The maximum atomic E-state index is 13.1. The summed E-state index contributed by atoms with van der Waals surface area (Å²) in [6, 6.07) is 22.0. The number of thioether (sulfide) groups is 1. The molecule has 0 aliphatic heterocycles. The van der Waals surface area contributed by atoms with Crippen LogP contribution < -0.4 is 10.9 Å². The van der Waals surface area contributed by atoms with Gasteiger partial charge < -0.3 is 5.32 Å². The molecule has 4 aromatic rings. The number of aromatic nitrogens is 2. The van der Waals surface area contributed by atoms with Crippen molar-refractivity contribution in [2.75, 3.05) is 5.75 Å². The Kier molecular flexibility index (Phi) is 7.39. The van der Waals surface area contributed by atoms with Gasteiger partial charge in [0.15, 0.2) is 5.16 Å². The summed E-state index contributed by atoms with van der Waals surface area (Å²) in [4.78, 5) is 30.3. The van der Waals surface area contributed by atoms with Crippen LogP contribution in [0.15, 0.2) is 82.1 Å². The highest BCUT2D eigenvalue weighted by molar-refractivity contribution is 7.99. The zero-order valence-corrected chi connectivity index (χ0v) is 19.5. The van der Waals surface area contributed by atoms with Crippen molar-refractivity contribution in [1.29, 1.82) is 0 Å². The van der Waals surface area contributed by atoms with Gasteiger partial charge in [0, 0.05) is 6.04 Å². The monoisotopic (exact) mass is 463 g/mol. The Bertz CT molecular complexity index is 1240. The fraction of sp³-hybridized carbons (Fsp3) is 0.240. The fourth-order valence-electron chi connectivity index (χ4n) is 3.49. The molecule has 32 heavy (non-hydrogen) atoms. The molecule has 7 heteroatoms. The molecule has 0 saturated carbocycles. The topological polar surface area (TPSA) is 64.0 Å². The molecule has 1 atom stereocenters. The first-order valence-corrected chi connectivity index (χ1v) is 12.4. The molecule has 0 spiro atoms. The second kappa shape index (κ2) is 10.6. The van der Waals surface area contributed by atoms with E-state index in [0.717, 1.165) is 18.4 Å². The lowest BCUT2D eigenvalue weighted by Crippen LogP contribution is -2.34. The average molecular weight is 464 g/mol. The summed E-state index contributed by atoms with van der Waals surface area (Å²) in [6.07, 6.45) is 1.79. The summed E-state index contributed by atoms with van der Waals surface area (Å²) >= 11 is 2.71. The molecule has 4 rings (SSSR count). The van der Waals surface area contributed by atoms with Crippen molar-refractivity contribution in [3.05, 3.63) is 93.6 Å². The molecule has 1 N–H and O–H groups in total. The fourth-order valence-corrected chi connectivity index (χ4v) is 5.07. The number of hydrogen-bond donors (Lipinski definition) is 1. The first-order valence-electron chi connectivity index (χ1n) is 10.6. The maximum Gasteiger partial charge on any atom is 0.272 e. The number of benzene rings is 2. The Morgan fingerprint density at radius 3 is 2.47 bits per heavy atom. The predicted molar refractivity (Wildman–Crippen MR) is 133 cm³/mol. The van der Waals surface area contributed by atoms with E-state index >= 15 is 0 Å². The van der Waals surface area contributed by atoms with Crippen LogP contribution in [0.5, 0.6) is 0 Å². The second-order valence-electron chi connectivity index (χ2n) is 7.69. The van der Waals surface area contributed by atoms with Crippen molar-refractivity contribution >= 4 is 39.2 Å². The summed E-state index contributed by atoms with van der Waals surface area (Å²) in [6.45, 7) is 2.45. The minimum Gasteiger partial charge on any atom is -0.353 e. The van der Waals surface area contributed by atoms with Crippen LogP contribution in [-0.2, 0) is 17.8 Å². The lowest BCUT2D eigenvalue weighted by molar-refractivity contribution is -0.119. The molecule has 2 heterocycles. The molecule has 5 nitrogen and oxygen atoms in total. The molecule has 164 valence electrons. The molecule has 2 aromatic carbocycles. The van der Waals surface area contributed by atoms with Gasteiger partial charge in [0.25, 0.3) is 5.56 Å². The molecular weight excluding hydrogens is 438 g/mol. The highest BCUT2D eigenvalue weighted by Crippen LogP contribution is 2.21. The Balaban J connectivity index is 1.42. The molecule has 0 bridgehead atoms. The minimum atomic E-state index is -0.0620. The van der Waals surface area contributed by atoms with Gasteiger partial charge in [0.05, 0.1) is 17.8 Å². The Morgan fingerprint density at radius 2 is 1.75 bits per heavy atom. The second-order valence-corrected chi connectivity index (χ2v) is 9.55. The molecule has 0 fully saturated rings. The highest BCUT2D eigenvalue weighted by atomic mass is 32.2. The van der Waals surface area contributed by atoms with Crippen LogP contribution >= 0.6 is 23.1 Å². The van der Waals surface area contributed by atoms with E-state index in [2.05, 4.69) is 22.4 Å². The summed E-state index contributed by atoms with van der Waals surface area (Å²) in [7, 11) is 0. The quantitative estimate of drug-likeness (QED) is 0.288. The number of fused-ring (bicyclic) bond motifs is 1. The van der Waals surface area contributed by atoms with Crippen molar-refractivity contribution in [3.63, 3.8) is 0 Å². The Morgan fingerprint density at radius 1 is 1.06 bits per heavy atom. The normalized spacial score (nSPS) is 12.0. The SMILES string of the molecule is CC(CCc1ccccc1)NC(=O)CSc1nc2ccsc2c(=O)n1Cc1ccccc1. The zero-order chi connectivity index (χ0) is 22.3. The van der Waals surface area contributed by atoms with E-state index < -0.39 is 0 Å². The van der Waals surface area contributed by atoms with Crippen LogP contribution in [0.2, 0.25) is 0 Å². The lowest BCUT2D eigenvalue weighted by Gasteiger charge is -2.15. The van der Waals surface area contributed by atoms with Crippen molar-refractivity contribution in [3.8, 4) is 0 Å². The molecule has 0 aliphatic carbocycles. The van der Waals surface area contributed by atoms with Crippen LogP contribution in [0, 0.1) is 0 Å². The van der Waals surface area contributed by atoms with E-state index in [1.807, 2.05) is 66.9 Å². The van der Waals surface area contributed by atoms with Crippen LogP contribution in [0.1, 0.15) is 24.5 Å². The summed E-state index contributed by atoms with van der Waals surface area (Å²) < 4.78 is 2.31. The summed E-state index contributed by atoms with van der Waals surface area (Å²) in [5, 5.41) is 5.51. The number of rotatable bonds is 9. The van der Waals surface area contributed by atoms with Crippen LogP contribution in [0.25, 0.3) is 10.2 Å². The lowest BCUT2D eigenvalue weighted by atomic mass is 10.1. The third-order valence-electron chi connectivity index (χ3n) is 5.16. The molecule has 0 radical (unpaired) electrons. The summed E-state index contributed by atoms with van der Waals surface area (Å²) in [5.74, 6) is 0.161. The first kappa shape index (κ1) is 22.3. The number of thiophene rings is 1. The van der Waals surface area contributed by atoms with E-state index in [4.69, 9.17) is 0 Å². The molecule has 1 amide bonds. The van der Waals surface area contributed by atoms with Crippen molar-refractivity contribution in [1.82, 2.24) is 14.9 Å². The van der Waals surface area contributed by atoms with Crippen molar-refractivity contribution < 1.29 is 4.79 Å². The van der Waals surface area contributed by atoms with Gasteiger partial charge in [-0.2, -0.15) is 0 Å². The number of nitrogens with one attached hydrogen (secondary N) is 1. The number of hydrogen-bond acceptors (Lipinski definition) is 5. The highest BCUT2D eigenvalue weighted by Gasteiger charge is 2.15. The molecule has 1 unspecified atom stereocenters. The predicted octanol–water partition coefficient (Wildman–Crippen LogP) is 4.74. The standard InChI is InChI=1S/C25H25N3O2S2/c1-18(12-13-19-8-4-2-5-9-19)26-22(29)17-32-25-27-21-14-15-31-23(21)24(30)28(25)16-20-10-6-3-7-11-20/h2-11,14-15,18H,12-13,16-17H2,1H3,(H,26,29). The van der Waals surface area contributed by atoms with Gasteiger partial charge in [-0.1, -0.05) is 72.4 Å². The number of carbonyl (C=O) groups excluding carboxylic acids is 1. The zero-order valence-electron chi connectivity index (χ0n) is 17.9. The third kappa shape index (κ3) is 5.66. The van der Waals surface area contributed by atoms with E-state index in [0.29, 0.717) is 21.9 Å². The van der Waals surface area contributed by atoms with Crippen LogP contribution in [0.3, 0.4) is 0 Å². The van der Waals surface area contributed by atoms with Gasteiger partial charge in [-0.25, -0.2) is 4.98 Å². The Hall–Kier alpha value is -2.90. The summed E-state index contributed by atoms with van der Waals surface area (Å²) in [5.41, 5.74) is 2.91. The van der Waals surface area contributed by atoms with Gasteiger partial charge in [-0.15, -0.1) is 11.3 Å². The smallest absolute Gasteiger partial charge is 0.272 e.